The lowest BCUT2D eigenvalue weighted by Gasteiger charge is -2.24. The number of esters is 1. The largest absolute Gasteiger partial charge is 0.472 e. The van der Waals surface area contributed by atoms with Crippen LogP contribution in [0.3, 0.4) is 0 Å². The molecule has 0 bridgehead atoms. The predicted octanol–water partition coefficient (Wildman–Crippen LogP) is 15.2. The van der Waals surface area contributed by atoms with Crippen molar-refractivity contribution < 1.29 is 37.3 Å². The van der Waals surface area contributed by atoms with Crippen molar-refractivity contribution >= 4 is 13.8 Å². The number of carbonyl (C=O) groups excluding carboxylic acids is 1. The van der Waals surface area contributed by atoms with Crippen LogP contribution in [0.5, 0.6) is 0 Å². The highest BCUT2D eigenvalue weighted by atomic mass is 31.2. The number of hydrogen-bond donors (Lipinski definition) is 1. The molecule has 2 atom stereocenters. The van der Waals surface area contributed by atoms with Gasteiger partial charge < -0.3 is 18.9 Å². The van der Waals surface area contributed by atoms with Crippen molar-refractivity contribution in [1.82, 2.24) is 0 Å². The second-order valence-electron chi connectivity index (χ2n) is 18.2. The number of hydrogen-bond acceptors (Lipinski definition) is 6. The monoisotopic (exact) mass is 857 g/mol. The summed E-state index contributed by atoms with van der Waals surface area (Å²) < 4.78 is 35.1. The quantitative estimate of drug-likeness (QED) is 0.0214. The highest BCUT2D eigenvalue weighted by molar-refractivity contribution is 7.47. The molecule has 0 spiro atoms. The van der Waals surface area contributed by atoms with Gasteiger partial charge in [0.15, 0.2) is 0 Å². The third-order valence-corrected chi connectivity index (χ3v) is 12.0. The molecule has 59 heavy (non-hydrogen) atoms. The van der Waals surface area contributed by atoms with Crippen LogP contribution in [0.25, 0.3) is 0 Å². The number of phosphoric ester groups is 1. The molecule has 0 heterocycles. The Labute approximate surface area is 366 Å². The molecule has 0 amide bonds. The van der Waals surface area contributed by atoms with Crippen LogP contribution < -0.4 is 0 Å². The van der Waals surface area contributed by atoms with Crippen molar-refractivity contribution in [3.05, 3.63) is 24.3 Å². The number of ether oxygens (including phenoxy) is 2. The third-order valence-electron chi connectivity index (χ3n) is 11.0. The number of unbranched alkanes of at least 4 members (excludes halogenated alkanes) is 29. The summed E-state index contributed by atoms with van der Waals surface area (Å²) in [6.45, 7) is 5.65. The summed E-state index contributed by atoms with van der Waals surface area (Å²) in [4.78, 5) is 23.0. The molecule has 9 heteroatoms. The highest BCUT2D eigenvalue weighted by Crippen LogP contribution is 2.43. The van der Waals surface area contributed by atoms with Crippen molar-refractivity contribution in [2.75, 3.05) is 54.1 Å². The van der Waals surface area contributed by atoms with Crippen LogP contribution in [0, 0.1) is 0 Å². The van der Waals surface area contributed by atoms with Gasteiger partial charge in [-0.15, -0.1) is 0 Å². The Hall–Kier alpha value is -1.02. The maximum atomic E-state index is 12.7. The van der Waals surface area contributed by atoms with Crippen LogP contribution in [0.2, 0.25) is 0 Å². The van der Waals surface area contributed by atoms with Gasteiger partial charge in [-0.2, -0.15) is 0 Å². The van der Waals surface area contributed by atoms with Crippen LogP contribution in [-0.4, -0.2) is 75.6 Å². The molecular formula is C50H99NO7P+. The minimum atomic E-state index is -4.27. The van der Waals surface area contributed by atoms with E-state index in [0.717, 1.165) is 38.5 Å². The molecule has 0 radical (unpaired) electrons. The number of quaternary nitrogens is 1. The van der Waals surface area contributed by atoms with Gasteiger partial charge in [0.2, 0.25) is 0 Å². The summed E-state index contributed by atoms with van der Waals surface area (Å²) in [5.74, 6) is -0.311. The standard InChI is InChI=1S/C50H98NO7P/c1-6-8-10-12-14-16-18-20-22-23-24-25-26-27-28-30-32-34-36-38-40-42-45-55-47-49(48-57-59(53,54)56-46-44-51(3,4)5)58-50(52)43-41-39-37-35-33-31-29-21-19-17-15-13-11-9-7-2/h18,20,23-24,49H,6-17,19,21-22,25-48H2,1-5H3/p+1/b20-18-,24-23-. The zero-order valence-electron chi connectivity index (χ0n) is 39.8. The van der Waals surface area contributed by atoms with Crippen LogP contribution in [0.4, 0.5) is 0 Å². The molecule has 0 rings (SSSR count). The summed E-state index contributed by atoms with van der Waals surface area (Å²) in [7, 11) is 1.68. The Kier molecular flexibility index (Phi) is 42.9. The van der Waals surface area contributed by atoms with Crippen molar-refractivity contribution in [2.24, 2.45) is 0 Å². The van der Waals surface area contributed by atoms with Gasteiger partial charge in [0.1, 0.15) is 19.3 Å². The molecule has 0 saturated heterocycles. The van der Waals surface area contributed by atoms with Gasteiger partial charge >= 0.3 is 13.8 Å². The maximum Gasteiger partial charge on any atom is 0.472 e. The SMILES string of the molecule is CCCCCCC/C=C\C/C=C\CCCCCCCCCCCCOCC(COP(=O)(O)OCC[N+](C)(C)C)OC(=O)CCCCCCCCCCCCCCCCC. The molecule has 0 aromatic heterocycles. The normalized spacial score (nSPS) is 13.8. The van der Waals surface area contributed by atoms with Gasteiger partial charge in [0.25, 0.3) is 0 Å². The Bertz CT molecular complexity index is 998. The van der Waals surface area contributed by atoms with E-state index in [9.17, 15) is 14.3 Å². The van der Waals surface area contributed by atoms with Crippen LogP contribution >= 0.6 is 7.82 Å². The molecule has 0 fully saturated rings. The zero-order chi connectivity index (χ0) is 43.4. The van der Waals surface area contributed by atoms with E-state index < -0.39 is 13.9 Å². The van der Waals surface area contributed by atoms with Crippen molar-refractivity contribution in [3.8, 4) is 0 Å². The molecule has 1 N–H and O–H groups in total. The van der Waals surface area contributed by atoms with E-state index in [4.69, 9.17) is 18.5 Å². The number of rotatable bonds is 47. The summed E-state index contributed by atoms with van der Waals surface area (Å²) in [6, 6.07) is 0. The number of nitrogens with zero attached hydrogens (tertiary/aromatic N) is 1. The third kappa shape index (κ3) is 47.9. The zero-order valence-corrected chi connectivity index (χ0v) is 40.6. The Morgan fingerprint density at radius 1 is 0.525 bits per heavy atom. The van der Waals surface area contributed by atoms with Crippen LogP contribution in [0.1, 0.15) is 232 Å². The van der Waals surface area contributed by atoms with E-state index in [0.29, 0.717) is 24.1 Å². The summed E-state index contributed by atoms with van der Waals surface area (Å²) in [6.07, 6.45) is 50.7. The number of phosphoric acid groups is 1. The second-order valence-corrected chi connectivity index (χ2v) is 19.7. The van der Waals surface area contributed by atoms with Crippen LogP contribution in [0.15, 0.2) is 24.3 Å². The lowest BCUT2D eigenvalue weighted by atomic mass is 10.0. The molecule has 350 valence electrons. The minimum Gasteiger partial charge on any atom is -0.457 e. The topological polar surface area (TPSA) is 91.3 Å². The molecule has 2 unspecified atom stereocenters. The molecule has 0 aliphatic carbocycles. The first kappa shape index (κ1) is 58.0. The fourth-order valence-corrected chi connectivity index (χ4v) is 7.86. The van der Waals surface area contributed by atoms with E-state index in [2.05, 4.69) is 38.2 Å². The number of carbonyl (C=O) groups is 1. The first-order chi connectivity index (χ1) is 28.6. The average Bonchev–Trinajstić information content (AvgIpc) is 3.19. The van der Waals surface area contributed by atoms with Crippen molar-refractivity contribution in [1.29, 1.82) is 0 Å². The van der Waals surface area contributed by atoms with Crippen molar-refractivity contribution in [2.45, 2.75) is 238 Å². The fourth-order valence-electron chi connectivity index (χ4n) is 7.11. The smallest absolute Gasteiger partial charge is 0.457 e. The first-order valence-electron chi connectivity index (χ1n) is 25.1. The van der Waals surface area contributed by atoms with E-state index in [1.165, 1.54) is 173 Å². The summed E-state index contributed by atoms with van der Waals surface area (Å²) in [5.41, 5.74) is 0. The van der Waals surface area contributed by atoms with Gasteiger partial charge in [-0.1, -0.05) is 205 Å². The lowest BCUT2D eigenvalue weighted by Crippen LogP contribution is -2.37. The molecule has 0 aromatic rings. The Morgan fingerprint density at radius 2 is 0.932 bits per heavy atom. The second kappa shape index (κ2) is 43.6. The van der Waals surface area contributed by atoms with E-state index in [1.807, 2.05) is 21.1 Å². The number of allylic oxidation sites excluding steroid dienone is 4. The van der Waals surface area contributed by atoms with Gasteiger partial charge in [0.05, 0.1) is 34.4 Å². The first-order valence-corrected chi connectivity index (χ1v) is 26.6. The molecule has 0 aromatic carbocycles. The van der Waals surface area contributed by atoms with Crippen molar-refractivity contribution in [3.63, 3.8) is 0 Å². The van der Waals surface area contributed by atoms with E-state index >= 15 is 0 Å². The van der Waals surface area contributed by atoms with E-state index in [-0.39, 0.29) is 25.8 Å². The van der Waals surface area contributed by atoms with Gasteiger partial charge in [0, 0.05) is 13.0 Å². The average molecular weight is 857 g/mol. The highest BCUT2D eigenvalue weighted by Gasteiger charge is 2.26. The minimum absolute atomic E-state index is 0.0903. The fraction of sp³-hybridized carbons (Fsp3) is 0.900. The summed E-state index contributed by atoms with van der Waals surface area (Å²) in [5, 5.41) is 0. The lowest BCUT2D eigenvalue weighted by molar-refractivity contribution is -0.870. The predicted molar refractivity (Wildman–Crippen MR) is 252 cm³/mol. The molecule has 8 nitrogen and oxygen atoms in total. The Balaban J connectivity index is 4.12. The van der Waals surface area contributed by atoms with Crippen LogP contribution in [-0.2, 0) is 27.9 Å². The van der Waals surface area contributed by atoms with Gasteiger partial charge in [-0.25, -0.2) is 4.57 Å². The number of likely N-dealkylation sites (N-methyl/N-ethyl adjacent to an activating group) is 1. The molecule has 0 aliphatic rings. The van der Waals surface area contributed by atoms with Gasteiger partial charge in [-0.3, -0.25) is 13.8 Å². The summed E-state index contributed by atoms with van der Waals surface area (Å²) >= 11 is 0. The Morgan fingerprint density at radius 3 is 1.37 bits per heavy atom. The molecular weight excluding hydrogens is 758 g/mol. The molecule has 0 aliphatic heterocycles. The van der Waals surface area contributed by atoms with E-state index in [1.54, 1.807) is 0 Å². The molecule has 0 saturated carbocycles. The van der Waals surface area contributed by atoms with Gasteiger partial charge in [-0.05, 0) is 44.9 Å². The maximum absolute atomic E-state index is 12.7.